The third kappa shape index (κ3) is 4.58. The van der Waals surface area contributed by atoms with E-state index in [2.05, 4.69) is 5.32 Å². The first-order valence-electron chi connectivity index (χ1n) is 8.26. The summed E-state index contributed by atoms with van der Waals surface area (Å²) in [6.45, 7) is 0.346. The normalized spacial score (nSPS) is 11.9. The Kier molecular flexibility index (Phi) is 6.30. The van der Waals surface area contributed by atoms with Crippen LogP contribution in [0.4, 0.5) is 11.4 Å². The summed E-state index contributed by atoms with van der Waals surface area (Å²) in [5, 5.41) is 13.9. The van der Waals surface area contributed by atoms with Crippen LogP contribution in [0.25, 0.3) is 0 Å². The van der Waals surface area contributed by atoms with E-state index in [-0.39, 0.29) is 17.3 Å². The third-order valence-corrected chi connectivity index (χ3v) is 4.22. The van der Waals surface area contributed by atoms with Crippen LogP contribution in [-0.2, 0) is 0 Å². The maximum Gasteiger partial charge on any atom is 0.282 e. The fourth-order valence-electron chi connectivity index (χ4n) is 2.70. The molecule has 0 saturated carbocycles. The minimum absolute atomic E-state index is 0.0436. The van der Waals surface area contributed by atoms with Crippen LogP contribution in [0.1, 0.15) is 22.0 Å². The van der Waals surface area contributed by atoms with E-state index in [0.29, 0.717) is 6.54 Å². The van der Waals surface area contributed by atoms with E-state index >= 15 is 0 Å². The van der Waals surface area contributed by atoms with Gasteiger partial charge in [-0.1, -0.05) is 24.3 Å². The summed E-state index contributed by atoms with van der Waals surface area (Å²) in [6, 6.07) is 14.0. The van der Waals surface area contributed by atoms with Gasteiger partial charge in [0.05, 0.1) is 11.0 Å². The Morgan fingerprint density at radius 2 is 1.69 bits per heavy atom. The zero-order valence-corrected chi connectivity index (χ0v) is 15.5. The molecule has 0 radical (unpaired) electrons. The average molecular weight is 356 g/mol. The summed E-state index contributed by atoms with van der Waals surface area (Å²) in [6.07, 6.45) is 0. The van der Waals surface area contributed by atoms with Crippen molar-refractivity contribution in [3.8, 4) is 0 Å². The number of carbonyl (C=O) groups excluding carboxylic acids is 1. The summed E-state index contributed by atoms with van der Waals surface area (Å²) < 4.78 is 0. The van der Waals surface area contributed by atoms with Gasteiger partial charge in [-0.15, -0.1) is 0 Å². The van der Waals surface area contributed by atoms with Crippen molar-refractivity contribution in [1.82, 2.24) is 10.2 Å². The lowest BCUT2D eigenvalue weighted by atomic mass is 10.0. The minimum atomic E-state index is -0.543. The molecule has 1 atom stereocenters. The van der Waals surface area contributed by atoms with Gasteiger partial charge in [0.15, 0.2) is 0 Å². The Hall–Kier alpha value is -2.93. The second kappa shape index (κ2) is 8.44. The van der Waals surface area contributed by atoms with Crippen LogP contribution < -0.4 is 10.2 Å². The molecule has 0 unspecified atom stereocenters. The summed E-state index contributed by atoms with van der Waals surface area (Å²) in [7, 11) is 7.82. The predicted molar refractivity (Wildman–Crippen MR) is 103 cm³/mol. The van der Waals surface area contributed by atoms with Gasteiger partial charge < -0.3 is 15.1 Å². The molecule has 7 heteroatoms. The van der Waals surface area contributed by atoms with Crippen molar-refractivity contribution >= 4 is 17.3 Å². The van der Waals surface area contributed by atoms with Crippen molar-refractivity contribution in [3.63, 3.8) is 0 Å². The van der Waals surface area contributed by atoms with E-state index in [1.165, 1.54) is 12.1 Å². The molecule has 2 rings (SSSR count). The van der Waals surface area contributed by atoms with Crippen molar-refractivity contribution in [1.29, 1.82) is 0 Å². The lowest BCUT2D eigenvalue weighted by Gasteiger charge is -2.25. The maximum atomic E-state index is 12.4. The number of likely N-dealkylation sites (N-methyl/N-ethyl adjacent to an activating group) is 1. The van der Waals surface area contributed by atoms with Crippen molar-refractivity contribution in [2.24, 2.45) is 0 Å². The monoisotopic (exact) mass is 356 g/mol. The summed E-state index contributed by atoms with van der Waals surface area (Å²) >= 11 is 0. The number of benzene rings is 2. The number of nitrogens with one attached hydrogen (secondary N) is 1. The number of para-hydroxylation sites is 1. The Balaban J connectivity index is 2.14. The Labute approximate surface area is 153 Å². The fraction of sp³-hybridized carbons (Fsp3) is 0.316. The molecule has 0 heterocycles. The number of rotatable bonds is 7. The van der Waals surface area contributed by atoms with Crippen LogP contribution in [-0.4, -0.2) is 50.5 Å². The van der Waals surface area contributed by atoms with Gasteiger partial charge in [-0.3, -0.25) is 14.9 Å². The van der Waals surface area contributed by atoms with E-state index in [9.17, 15) is 14.9 Å². The molecule has 0 bridgehead atoms. The molecule has 0 aliphatic heterocycles. The molecule has 0 aliphatic rings. The smallest absolute Gasteiger partial charge is 0.282 e. The summed E-state index contributed by atoms with van der Waals surface area (Å²) in [5.74, 6) is -0.450. The largest absolute Gasteiger partial charge is 0.378 e. The van der Waals surface area contributed by atoms with Crippen LogP contribution in [0.5, 0.6) is 0 Å². The predicted octanol–water partition coefficient (Wildman–Crippen LogP) is 2.69. The molecule has 0 saturated heterocycles. The molecule has 2 aromatic carbocycles. The first kappa shape index (κ1) is 19.4. The van der Waals surface area contributed by atoms with Gasteiger partial charge >= 0.3 is 0 Å². The third-order valence-electron chi connectivity index (χ3n) is 4.22. The number of carbonyl (C=O) groups is 1. The second-order valence-corrected chi connectivity index (χ2v) is 6.45. The Morgan fingerprint density at radius 3 is 2.23 bits per heavy atom. The minimum Gasteiger partial charge on any atom is -0.378 e. The van der Waals surface area contributed by atoms with Crippen LogP contribution >= 0.6 is 0 Å². The number of anilines is 1. The highest BCUT2D eigenvalue weighted by Gasteiger charge is 2.21. The Morgan fingerprint density at radius 1 is 1.08 bits per heavy atom. The maximum absolute atomic E-state index is 12.4. The van der Waals surface area contributed by atoms with Gasteiger partial charge in [0.1, 0.15) is 5.56 Å². The Bertz CT molecular complexity index is 773. The number of nitro benzene ring substituents is 1. The highest BCUT2D eigenvalue weighted by molar-refractivity contribution is 5.98. The molecule has 2 aromatic rings. The topological polar surface area (TPSA) is 78.7 Å². The SMILES string of the molecule is CN(C)c1ccc([C@@H](CNC(=O)c2ccccc2[N+](=O)[O-])N(C)C)cc1. The summed E-state index contributed by atoms with van der Waals surface area (Å²) in [4.78, 5) is 27.0. The highest BCUT2D eigenvalue weighted by atomic mass is 16.6. The van der Waals surface area contributed by atoms with Gasteiger partial charge in [-0.25, -0.2) is 0 Å². The van der Waals surface area contributed by atoms with Gasteiger partial charge in [-0.2, -0.15) is 0 Å². The molecular weight excluding hydrogens is 332 g/mol. The molecule has 0 aliphatic carbocycles. The molecule has 26 heavy (non-hydrogen) atoms. The standard InChI is InChI=1S/C19H24N4O3/c1-21(2)15-11-9-14(10-12-15)18(22(3)4)13-20-19(24)16-7-5-6-8-17(16)23(25)26/h5-12,18H,13H2,1-4H3,(H,20,24)/t18-/m1/s1. The zero-order chi connectivity index (χ0) is 19.3. The number of hydrogen-bond acceptors (Lipinski definition) is 5. The van der Waals surface area contributed by atoms with Gasteiger partial charge in [0.25, 0.3) is 11.6 Å². The lowest BCUT2D eigenvalue weighted by Crippen LogP contribution is -2.34. The van der Waals surface area contributed by atoms with Crippen molar-refractivity contribution in [2.45, 2.75) is 6.04 Å². The molecule has 0 spiro atoms. The zero-order valence-electron chi connectivity index (χ0n) is 15.5. The molecule has 7 nitrogen and oxygen atoms in total. The molecule has 0 aromatic heterocycles. The number of nitro groups is 1. The number of amides is 1. The van der Waals surface area contributed by atoms with E-state index < -0.39 is 10.8 Å². The van der Waals surface area contributed by atoms with E-state index in [4.69, 9.17) is 0 Å². The second-order valence-electron chi connectivity index (χ2n) is 6.45. The quantitative estimate of drug-likeness (QED) is 0.609. The van der Waals surface area contributed by atoms with Gasteiger partial charge in [0, 0.05) is 32.4 Å². The molecular formula is C19H24N4O3. The van der Waals surface area contributed by atoms with Gasteiger partial charge in [-0.05, 0) is 37.9 Å². The van der Waals surface area contributed by atoms with Crippen molar-refractivity contribution in [3.05, 3.63) is 69.8 Å². The van der Waals surface area contributed by atoms with E-state index in [1.54, 1.807) is 12.1 Å². The van der Waals surface area contributed by atoms with Crippen molar-refractivity contribution in [2.75, 3.05) is 39.6 Å². The van der Waals surface area contributed by atoms with Crippen LogP contribution in [0.2, 0.25) is 0 Å². The van der Waals surface area contributed by atoms with Gasteiger partial charge in [0.2, 0.25) is 0 Å². The lowest BCUT2D eigenvalue weighted by molar-refractivity contribution is -0.385. The first-order valence-corrected chi connectivity index (χ1v) is 8.26. The van der Waals surface area contributed by atoms with Crippen LogP contribution in [0.3, 0.4) is 0 Å². The first-order chi connectivity index (χ1) is 12.3. The number of nitrogens with zero attached hydrogens (tertiary/aromatic N) is 3. The molecule has 138 valence electrons. The van der Waals surface area contributed by atoms with Crippen LogP contribution in [0, 0.1) is 10.1 Å². The van der Waals surface area contributed by atoms with Crippen molar-refractivity contribution < 1.29 is 9.72 Å². The average Bonchev–Trinajstić information content (AvgIpc) is 2.61. The van der Waals surface area contributed by atoms with E-state index in [0.717, 1.165) is 11.3 Å². The number of hydrogen-bond donors (Lipinski definition) is 1. The molecule has 1 N–H and O–H groups in total. The summed E-state index contributed by atoms with van der Waals surface area (Å²) in [5.41, 5.74) is 2.03. The molecule has 1 amide bonds. The molecule has 0 fully saturated rings. The van der Waals surface area contributed by atoms with E-state index in [1.807, 2.05) is 62.3 Å². The highest BCUT2D eigenvalue weighted by Crippen LogP contribution is 2.22. The fourth-order valence-corrected chi connectivity index (χ4v) is 2.70. The van der Waals surface area contributed by atoms with Crippen LogP contribution in [0.15, 0.2) is 48.5 Å².